The molecular formula is C12H16Br2N2O2S. The minimum Gasteiger partial charge on any atom is -0.329 e. The summed E-state index contributed by atoms with van der Waals surface area (Å²) >= 11 is 6.65. The third-order valence-electron chi connectivity index (χ3n) is 3.33. The third-order valence-corrected chi connectivity index (χ3v) is 6.75. The summed E-state index contributed by atoms with van der Waals surface area (Å²) < 4.78 is 28.4. The van der Waals surface area contributed by atoms with E-state index in [4.69, 9.17) is 5.73 Å². The summed E-state index contributed by atoms with van der Waals surface area (Å²) in [6.45, 7) is 0.917. The number of sulfonamides is 1. The van der Waals surface area contributed by atoms with Crippen LogP contribution in [0.2, 0.25) is 0 Å². The van der Waals surface area contributed by atoms with Crippen LogP contribution in [0.15, 0.2) is 32.0 Å². The van der Waals surface area contributed by atoms with E-state index in [1.54, 1.807) is 22.5 Å². The van der Waals surface area contributed by atoms with Crippen molar-refractivity contribution >= 4 is 41.9 Å². The molecule has 0 amide bonds. The Bertz CT molecular complexity index is 563. The molecule has 0 aromatic heterocycles. The predicted molar refractivity (Wildman–Crippen MR) is 82.4 cm³/mol. The summed E-state index contributed by atoms with van der Waals surface area (Å²) in [4.78, 5) is 0.302. The Balaban J connectivity index is 2.40. The molecule has 1 fully saturated rings. The molecule has 1 aliphatic heterocycles. The van der Waals surface area contributed by atoms with Crippen molar-refractivity contribution < 1.29 is 8.42 Å². The fourth-order valence-electron chi connectivity index (χ4n) is 2.34. The minimum absolute atomic E-state index is 0.0886. The van der Waals surface area contributed by atoms with Crippen LogP contribution in [-0.4, -0.2) is 31.9 Å². The van der Waals surface area contributed by atoms with Crippen molar-refractivity contribution in [2.75, 3.05) is 13.1 Å². The topological polar surface area (TPSA) is 63.4 Å². The summed E-state index contributed by atoms with van der Waals surface area (Å²) in [5, 5.41) is 0. The lowest BCUT2D eigenvalue weighted by Gasteiger charge is -2.34. The monoisotopic (exact) mass is 410 g/mol. The van der Waals surface area contributed by atoms with Crippen molar-refractivity contribution in [3.63, 3.8) is 0 Å². The van der Waals surface area contributed by atoms with Gasteiger partial charge in [-0.15, -0.1) is 0 Å². The van der Waals surface area contributed by atoms with E-state index in [2.05, 4.69) is 31.9 Å². The number of piperidine rings is 1. The quantitative estimate of drug-likeness (QED) is 0.831. The highest BCUT2D eigenvalue weighted by atomic mass is 79.9. The molecule has 0 spiro atoms. The van der Waals surface area contributed by atoms with Crippen molar-refractivity contribution in [3.8, 4) is 0 Å². The highest BCUT2D eigenvalue weighted by molar-refractivity contribution is 9.11. The summed E-state index contributed by atoms with van der Waals surface area (Å²) in [6, 6.07) is 5.01. The molecule has 0 aliphatic carbocycles. The van der Waals surface area contributed by atoms with Crippen LogP contribution in [0.5, 0.6) is 0 Å². The average Bonchev–Trinajstić information content (AvgIpc) is 2.38. The molecule has 4 nitrogen and oxygen atoms in total. The van der Waals surface area contributed by atoms with E-state index in [-0.39, 0.29) is 6.04 Å². The summed E-state index contributed by atoms with van der Waals surface area (Å²) in [5.41, 5.74) is 5.71. The molecule has 1 aromatic carbocycles. The second-order valence-electron chi connectivity index (χ2n) is 4.58. The molecule has 106 valence electrons. The molecule has 1 atom stereocenters. The maximum absolute atomic E-state index is 12.7. The van der Waals surface area contributed by atoms with Crippen molar-refractivity contribution in [3.05, 3.63) is 27.1 Å². The molecule has 2 rings (SSSR count). The number of rotatable bonds is 3. The smallest absolute Gasteiger partial charge is 0.244 e. The van der Waals surface area contributed by atoms with Gasteiger partial charge in [0.2, 0.25) is 10.0 Å². The van der Waals surface area contributed by atoms with Crippen LogP contribution in [0, 0.1) is 0 Å². The van der Waals surface area contributed by atoms with Gasteiger partial charge >= 0.3 is 0 Å². The molecule has 0 radical (unpaired) electrons. The van der Waals surface area contributed by atoms with Gasteiger partial charge in [-0.2, -0.15) is 4.31 Å². The summed E-state index contributed by atoms with van der Waals surface area (Å²) in [5.74, 6) is 0. The molecule has 1 aromatic rings. The fourth-order valence-corrected chi connectivity index (χ4v) is 5.75. The Kier molecular flexibility index (Phi) is 5.05. The fraction of sp³-hybridized carbons (Fsp3) is 0.500. The molecule has 1 saturated heterocycles. The van der Waals surface area contributed by atoms with Gasteiger partial charge in [0.1, 0.15) is 0 Å². The Hall–Kier alpha value is 0.0500. The van der Waals surface area contributed by atoms with E-state index < -0.39 is 10.0 Å². The first-order valence-electron chi connectivity index (χ1n) is 6.14. The highest BCUT2D eigenvalue weighted by Crippen LogP contribution is 2.31. The lowest BCUT2D eigenvalue weighted by molar-refractivity contribution is 0.257. The van der Waals surface area contributed by atoms with Gasteiger partial charge in [0.25, 0.3) is 0 Å². The molecule has 7 heteroatoms. The first-order chi connectivity index (χ1) is 8.96. The van der Waals surface area contributed by atoms with Gasteiger partial charge in [-0.3, -0.25) is 0 Å². The van der Waals surface area contributed by atoms with Crippen molar-refractivity contribution in [1.82, 2.24) is 4.31 Å². The number of nitrogens with two attached hydrogens (primary N) is 1. The van der Waals surface area contributed by atoms with Crippen LogP contribution in [0.25, 0.3) is 0 Å². The van der Waals surface area contributed by atoms with Gasteiger partial charge in [0.05, 0.1) is 4.90 Å². The van der Waals surface area contributed by atoms with Gasteiger partial charge < -0.3 is 5.73 Å². The van der Waals surface area contributed by atoms with Crippen LogP contribution < -0.4 is 5.73 Å². The summed E-state index contributed by atoms with van der Waals surface area (Å²) in [6.07, 6.45) is 2.77. The second kappa shape index (κ2) is 6.22. The molecular weight excluding hydrogens is 396 g/mol. The van der Waals surface area contributed by atoms with Gasteiger partial charge in [-0.05, 0) is 47.0 Å². The zero-order valence-electron chi connectivity index (χ0n) is 10.4. The lowest BCUT2D eigenvalue weighted by atomic mass is 10.1. The van der Waals surface area contributed by atoms with Gasteiger partial charge in [0, 0.05) is 28.1 Å². The number of benzene rings is 1. The van der Waals surface area contributed by atoms with E-state index >= 15 is 0 Å². The number of nitrogens with zero attached hydrogens (tertiary/aromatic N) is 1. The Morgan fingerprint density at radius 1 is 1.32 bits per heavy atom. The van der Waals surface area contributed by atoms with Crippen LogP contribution in [0.1, 0.15) is 19.3 Å². The van der Waals surface area contributed by atoms with Crippen molar-refractivity contribution in [2.45, 2.75) is 30.2 Å². The largest absolute Gasteiger partial charge is 0.329 e. The third kappa shape index (κ3) is 3.21. The minimum atomic E-state index is -3.49. The Morgan fingerprint density at radius 3 is 2.68 bits per heavy atom. The molecule has 0 saturated carbocycles. The van der Waals surface area contributed by atoms with E-state index in [1.165, 1.54) is 0 Å². The maximum atomic E-state index is 12.7. The summed E-state index contributed by atoms with van der Waals surface area (Å²) in [7, 11) is -3.49. The van der Waals surface area contributed by atoms with Gasteiger partial charge in [0.15, 0.2) is 0 Å². The first kappa shape index (κ1) is 15.4. The van der Waals surface area contributed by atoms with E-state index in [1.807, 2.05) is 0 Å². The molecule has 1 unspecified atom stereocenters. The molecule has 19 heavy (non-hydrogen) atoms. The normalized spacial score (nSPS) is 21.5. The van der Waals surface area contributed by atoms with E-state index in [9.17, 15) is 8.42 Å². The number of hydrogen-bond acceptors (Lipinski definition) is 3. The molecule has 2 N–H and O–H groups in total. The Morgan fingerprint density at radius 2 is 2.05 bits per heavy atom. The zero-order chi connectivity index (χ0) is 14.0. The van der Waals surface area contributed by atoms with Gasteiger partial charge in [-0.1, -0.05) is 22.4 Å². The molecule has 1 aliphatic rings. The average molecular weight is 412 g/mol. The van der Waals surface area contributed by atoms with E-state index in [0.29, 0.717) is 22.5 Å². The zero-order valence-corrected chi connectivity index (χ0v) is 14.3. The van der Waals surface area contributed by atoms with Crippen LogP contribution in [0.3, 0.4) is 0 Å². The predicted octanol–water partition coefficient (Wildman–Crippen LogP) is 2.71. The van der Waals surface area contributed by atoms with E-state index in [0.717, 1.165) is 23.7 Å². The van der Waals surface area contributed by atoms with Gasteiger partial charge in [-0.25, -0.2) is 8.42 Å². The Labute approximate surface area is 130 Å². The highest BCUT2D eigenvalue weighted by Gasteiger charge is 2.33. The number of halogens is 2. The maximum Gasteiger partial charge on any atom is 0.244 e. The first-order valence-corrected chi connectivity index (χ1v) is 9.16. The molecule has 1 heterocycles. The van der Waals surface area contributed by atoms with Crippen LogP contribution >= 0.6 is 31.9 Å². The number of hydrogen-bond donors (Lipinski definition) is 1. The van der Waals surface area contributed by atoms with Crippen molar-refractivity contribution in [1.29, 1.82) is 0 Å². The standard InChI is InChI=1S/C12H16Br2N2O2S/c13-9-4-5-12(11(14)7-9)19(17,18)16-6-2-1-3-10(16)8-15/h4-5,7,10H,1-3,6,8,15H2. The lowest BCUT2D eigenvalue weighted by Crippen LogP contribution is -2.47. The SMILES string of the molecule is NCC1CCCCN1S(=O)(=O)c1ccc(Br)cc1Br. The second-order valence-corrected chi connectivity index (χ2v) is 8.20. The molecule has 0 bridgehead atoms. The van der Waals surface area contributed by atoms with Crippen LogP contribution in [-0.2, 0) is 10.0 Å². The van der Waals surface area contributed by atoms with Crippen LogP contribution in [0.4, 0.5) is 0 Å². The van der Waals surface area contributed by atoms with Crippen molar-refractivity contribution in [2.24, 2.45) is 5.73 Å².